The van der Waals surface area contributed by atoms with E-state index in [0.717, 1.165) is 29.6 Å². The molecule has 5 heteroatoms. The molecular formula is C20H23N5. The van der Waals surface area contributed by atoms with Crippen molar-refractivity contribution in [3.8, 4) is 0 Å². The Morgan fingerprint density at radius 1 is 0.880 bits per heavy atom. The fraction of sp³-hybridized carbons (Fsp3) is 0.200. The van der Waals surface area contributed by atoms with Crippen LogP contribution in [0.25, 0.3) is 0 Å². The quantitative estimate of drug-likeness (QED) is 0.740. The van der Waals surface area contributed by atoms with Crippen LogP contribution < -0.4 is 15.1 Å². The van der Waals surface area contributed by atoms with Gasteiger partial charge in [-0.3, -0.25) is 0 Å². The van der Waals surface area contributed by atoms with Crippen molar-refractivity contribution in [1.82, 2.24) is 9.97 Å². The van der Waals surface area contributed by atoms with Gasteiger partial charge in [0.25, 0.3) is 0 Å². The van der Waals surface area contributed by atoms with Crippen molar-refractivity contribution < 1.29 is 0 Å². The van der Waals surface area contributed by atoms with Crippen LogP contribution in [0.3, 0.4) is 0 Å². The van der Waals surface area contributed by atoms with Crippen LogP contribution >= 0.6 is 0 Å². The average Bonchev–Trinajstić information content (AvgIpc) is 2.63. The predicted octanol–water partition coefficient (Wildman–Crippen LogP) is 3.92. The van der Waals surface area contributed by atoms with Gasteiger partial charge in [-0.2, -0.15) is 0 Å². The molecule has 0 atom stereocenters. The molecule has 0 aliphatic carbocycles. The molecule has 25 heavy (non-hydrogen) atoms. The molecular weight excluding hydrogens is 310 g/mol. The lowest BCUT2D eigenvalue weighted by Crippen LogP contribution is -2.17. The summed E-state index contributed by atoms with van der Waals surface area (Å²) in [6.45, 7) is 0.800. The Kier molecular flexibility index (Phi) is 5.14. The highest BCUT2D eigenvalue weighted by Gasteiger charge is 2.06. The molecule has 1 N–H and O–H groups in total. The molecule has 2 aromatic carbocycles. The van der Waals surface area contributed by atoms with Crippen molar-refractivity contribution in [3.63, 3.8) is 0 Å². The van der Waals surface area contributed by atoms with E-state index in [1.165, 1.54) is 5.56 Å². The second-order valence-electron chi connectivity index (χ2n) is 6.17. The lowest BCUT2D eigenvalue weighted by molar-refractivity contribution is 0.892. The Labute approximate surface area is 149 Å². The molecule has 0 fully saturated rings. The zero-order valence-corrected chi connectivity index (χ0v) is 14.8. The standard InChI is InChI=1S/C20H23N5/c1-24(2)18-11-9-17(10-12-18)23-19-13-20(22-15-21-19)25(3)14-16-7-5-4-6-8-16/h4-13,15H,14H2,1-3H3,(H,21,22,23). The molecule has 0 unspecified atom stereocenters. The van der Waals surface area contributed by atoms with E-state index in [1.54, 1.807) is 6.33 Å². The summed E-state index contributed by atoms with van der Waals surface area (Å²) in [6.07, 6.45) is 1.59. The van der Waals surface area contributed by atoms with Gasteiger partial charge in [0.2, 0.25) is 0 Å². The third kappa shape index (κ3) is 4.47. The second kappa shape index (κ2) is 7.66. The number of hydrogen-bond donors (Lipinski definition) is 1. The molecule has 3 aromatic rings. The summed E-state index contributed by atoms with van der Waals surface area (Å²) >= 11 is 0. The van der Waals surface area contributed by atoms with Crippen LogP contribution in [0.1, 0.15) is 5.56 Å². The molecule has 5 nitrogen and oxygen atoms in total. The third-order valence-corrected chi connectivity index (χ3v) is 3.96. The largest absolute Gasteiger partial charge is 0.378 e. The molecule has 3 rings (SSSR count). The Bertz CT molecular complexity index is 800. The van der Waals surface area contributed by atoms with Crippen molar-refractivity contribution >= 4 is 23.0 Å². The van der Waals surface area contributed by atoms with Gasteiger partial charge in [0, 0.05) is 45.1 Å². The highest BCUT2D eigenvalue weighted by Crippen LogP contribution is 2.21. The first-order valence-electron chi connectivity index (χ1n) is 8.23. The smallest absolute Gasteiger partial charge is 0.135 e. The lowest BCUT2D eigenvalue weighted by Gasteiger charge is -2.19. The number of benzene rings is 2. The molecule has 0 saturated carbocycles. The summed E-state index contributed by atoms with van der Waals surface area (Å²) in [7, 11) is 6.09. The van der Waals surface area contributed by atoms with Gasteiger partial charge in [-0.25, -0.2) is 9.97 Å². The van der Waals surface area contributed by atoms with Crippen molar-refractivity contribution in [2.75, 3.05) is 36.3 Å². The SMILES string of the molecule is CN(C)c1ccc(Nc2cc(N(C)Cc3ccccc3)ncn2)cc1. The van der Waals surface area contributed by atoms with E-state index in [2.05, 4.69) is 49.4 Å². The van der Waals surface area contributed by atoms with E-state index in [0.29, 0.717) is 0 Å². The molecule has 0 amide bonds. The van der Waals surface area contributed by atoms with E-state index >= 15 is 0 Å². The van der Waals surface area contributed by atoms with Crippen molar-refractivity contribution in [3.05, 3.63) is 72.6 Å². The van der Waals surface area contributed by atoms with Gasteiger partial charge in [0.15, 0.2) is 0 Å². The fourth-order valence-corrected chi connectivity index (χ4v) is 2.55. The summed E-state index contributed by atoms with van der Waals surface area (Å²) in [5.74, 6) is 1.66. The van der Waals surface area contributed by atoms with Crippen LogP contribution in [0.15, 0.2) is 67.0 Å². The van der Waals surface area contributed by atoms with Gasteiger partial charge in [-0.15, -0.1) is 0 Å². The molecule has 1 heterocycles. The summed E-state index contributed by atoms with van der Waals surface area (Å²) in [6, 6.07) is 20.6. The second-order valence-corrected chi connectivity index (χ2v) is 6.17. The fourth-order valence-electron chi connectivity index (χ4n) is 2.55. The number of rotatable bonds is 6. The van der Waals surface area contributed by atoms with Gasteiger partial charge in [0.05, 0.1) is 0 Å². The molecule has 0 aliphatic rings. The summed E-state index contributed by atoms with van der Waals surface area (Å²) < 4.78 is 0. The van der Waals surface area contributed by atoms with Gasteiger partial charge < -0.3 is 15.1 Å². The summed E-state index contributed by atoms with van der Waals surface area (Å²) in [5.41, 5.74) is 3.41. The van der Waals surface area contributed by atoms with Gasteiger partial charge >= 0.3 is 0 Å². The predicted molar refractivity (Wildman–Crippen MR) is 105 cm³/mol. The molecule has 1 aromatic heterocycles. The number of nitrogens with one attached hydrogen (secondary N) is 1. The minimum atomic E-state index is 0.780. The first-order valence-corrected chi connectivity index (χ1v) is 8.23. The number of hydrogen-bond acceptors (Lipinski definition) is 5. The summed E-state index contributed by atoms with van der Waals surface area (Å²) in [5, 5.41) is 3.33. The van der Waals surface area contributed by atoms with E-state index < -0.39 is 0 Å². The van der Waals surface area contributed by atoms with E-state index in [1.807, 2.05) is 57.5 Å². The average molecular weight is 333 g/mol. The topological polar surface area (TPSA) is 44.3 Å². The Hall–Kier alpha value is -3.08. The Balaban J connectivity index is 1.70. The zero-order valence-electron chi connectivity index (χ0n) is 14.8. The zero-order chi connectivity index (χ0) is 17.6. The minimum absolute atomic E-state index is 0.780. The van der Waals surface area contributed by atoms with Gasteiger partial charge in [-0.05, 0) is 29.8 Å². The van der Waals surface area contributed by atoms with Gasteiger partial charge in [0.1, 0.15) is 18.0 Å². The van der Waals surface area contributed by atoms with E-state index in [9.17, 15) is 0 Å². The van der Waals surface area contributed by atoms with Crippen molar-refractivity contribution in [2.45, 2.75) is 6.54 Å². The number of aromatic nitrogens is 2. The first-order chi connectivity index (χ1) is 12.1. The van der Waals surface area contributed by atoms with Crippen LogP contribution in [0, 0.1) is 0 Å². The number of nitrogens with zero attached hydrogens (tertiary/aromatic N) is 4. The van der Waals surface area contributed by atoms with Crippen molar-refractivity contribution in [1.29, 1.82) is 0 Å². The van der Waals surface area contributed by atoms with E-state index in [4.69, 9.17) is 0 Å². The highest BCUT2D eigenvalue weighted by atomic mass is 15.2. The first kappa shape index (κ1) is 16.8. The van der Waals surface area contributed by atoms with Crippen molar-refractivity contribution in [2.24, 2.45) is 0 Å². The monoisotopic (exact) mass is 333 g/mol. The molecule has 0 radical (unpaired) electrons. The maximum atomic E-state index is 4.38. The van der Waals surface area contributed by atoms with Crippen LogP contribution in [0.5, 0.6) is 0 Å². The molecule has 0 spiro atoms. The molecule has 0 saturated heterocycles. The van der Waals surface area contributed by atoms with Crippen LogP contribution in [0.4, 0.5) is 23.0 Å². The van der Waals surface area contributed by atoms with Gasteiger partial charge in [-0.1, -0.05) is 30.3 Å². The van der Waals surface area contributed by atoms with Crippen LogP contribution in [-0.4, -0.2) is 31.1 Å². The number of anilines is 4. The Morgan fingerprint density at radius 2 is 1.60 bits per heavy atom. The Morgan fingerprint density at radius 3 is 2.28 bits per heavy atom. The normalized spacial score (nSPS) is 10.4. The minimum Gasteiger partial charge on any atom is -0.378 e. The molecule has 128 valence electrons. The van der Waals surface area contributed by atoms with E-state index in [-0.39, 0.29) is 0 Å². The maximum Gasteiger partial charge on any atom is 0.135 e. The maximum absolute atomic E-state index is 4.38. The van der Waals surface area contributed by atoms with Crippen LogP contribution in [-0.2, 0) is 6.54 Å². The lowest BCUT2D eigenvalue weighted by atomic mass is 10.2. The third-order valence-electron chi connectivity index (χ3n) is 3.96. The summed E-state index contributed by atoms with van der Waals surface area (Å²) in [4.78, 5) is 12.9. The van der Waals surface area contributed by atoms with Crippen LogP contribution in [0.2, 0.25) is 0 Å². The molecule has 0 aliphatic heterocycles. The highest BCUT2D eigenvalue weighted by molar-refractivity contribution is 5.62. The molecule has 0 bridgehead atoms.